The van der Waals surface area contributed by atoms with Crippen molar-refractivity contribution in [3.8, 4) is 11.5 Å². The lowest BCUT2D eigenvalue weighted by Crippen LogP contribution is -2.15. The van der Waals surface area contributed by atoms with Crippen LogP contribution in [-0.4, -0.2) is 23.1 Å². The summed E-state index contributed by atoms with van der Waals surface area (Å²) in [6, 6.07) is 12.1. The maximum Gasteiger partial charge on any atom is 0.343 e. The molecule has 0 radical (unpaired) electrons. The highest BCUT2D eigenvalue weighted by Crippen LogP contribution is 2.17. The van der Waals surface area contributed by atoms with Gasteiger partial charge in [0, 0.05) is 0 Å². The van der Waals surface area contributed by atoms with E-state index in [4.69, 9.17) is 9.47 Å². The molecule has 0 heterocycles. The van der Waals surface area contributed by atoms with E-state index in [1.165, 1.54) is 56.4 Å². The Balaban J connectivity index is 1.77. The number of rotatable bonds is 11. The zero-order valence-corrected chi connectivity index (χ0v) is 17.2. The van der Waals surface area contributed by atoms with Crippen LogP contribution in [0.15, 0.2) is 48.5 Å². The van der Waals surface area contributed by atoms with Crippen LogP contribution in [0.25, 0.3) is 0 Å². The van der Waals surface area contributed by atoms with Crippen molar-refractivity contribution in [2.24, 2.45) is 0 Å². The van der Waals surface area contributed by atoms with Crippen molar-refractivity contribution in [2.45, 2.75) is 64.9 Å². The Hall–Kier alpha value is -2.82. The van der Waals surface area contributed by atoms with E-state index < -0.39 is 5.97 Å². The van der Waals surface area contributed by atoms with Crippen molar-refractivity contribution in [2.75, 3.05) is 0 Å². The molecule has 0 saturated carbocycles. The van der Waals surface area contributed by atoms with E-state index >= 15 is 0 Å². The van der Waals surface area contributed by atoms with Crippen molar-refractivity contribution < 1.29 is 24.2 Å². The lowest BCUT2D eigenvalue weighted by Gasteiger charge is -2.13. The lowest BCUT2D eigenvalue weighted by atomic mass is 10.1. The van der Waals surface area contributed by atoms with Crippen LogP contribution in [0, 0.1) is 0 Å². The highest BCUT2D eigenvalue weighted by molar-refractivity contribution is 5.92. The molecule has 29 heavy (non-hydrogen) atoms. The first-order valence-corrected chi connectivity index (χ1v) is 10.3. The van der Waals surface area contributed by atoms with Gasteiger partial charge in [-0.1, -0.05) is 39.0 Å². The van der Waals surface area contributed by atoms with Gasteiger partial charge in [-0.3, -0.25) is 0 Å². The molecule has 0 spiro atoms. The number of carbonyl (C=O) groups is 2. The molecule has 0 bridgehead atoms. The number of ether oxygens (including phenoxy) is 2. The van der Waals surface area contributed by atoms with Gasteiger partial charge in [-0.15, -0.1) is 0 Å². The van der Waals surface area contributed by atoms with Crippen LogP contribution in [0.2, 0.25) is 0 Å². The van der Waals surface area contributed by atoms with Gasteiger partial charge >= 0.3 is 11.9 Å². The molecule has 0 amide bonds. The molecular weight excluding hydrogens is 368 g/mol. The Bertz CT molecular complexity index is 765. The molecule has 1 atom stereocenters. The van der Waals surface area contributed by atoms with Crippen LogP contribution in [-0.2, 0) is 4.74 Å². The fraction of sp³-hybridized carbons (Fsp3) is 0.417. The second kappa shape index (κ2) is 11.9. The summed E-state index contributed by atoms with van der Waals surface area (Å²) in [5, 5.41) is 9.27. The number of aromatic hydroxyl groups is 1. The number of hydrogen-bond donors (Lipinski definition) is 1. The topological polar surface area (TPSA) is 72.8 Å². The van der Waals surface area contributed by atoms with Crippen molar-refractivity contribution in [3.05, 3.63) is 59.7 Å². The average Bonchev–Trinajstić information content (AvgIpc) is 2.71. The third-order valence-corrected chi connectivity index (χ3v) is 4.68. The van der Waals surface area contributed by atoms with Crippen LogP contribution in [0.3, 0.4) is 0 Å². The summed E-state index contributed by atoms with van der Waals surface area (Å²) in [4.78, 5) is 24.3. The van der Waals surface area contributed by atoms with Crippen LogP contribution < -0.4 is 4.74 Å². The number of hydrogen-bond acceptors (Lipinski definition) is 5. The number of carbonyl (C=O) groups excluding carboxylic acids is 2. The molecule has 1 N–H and O–H groups in total. The van der Waals surface area contributed by atoms with Gasteiger partial charge in [0.2, 0.25) is 0 Å². The van der Waals surface area contributed by atoms with Crippen molar-refractivity contribution in [3.63, 3.8) is 0 Å². The predicted octanol–water partition coefficient (Wildman–Crippen LogP) is 5.91. The molecule has 0 aliphatic carbocycles. The molecule has 0 saturated heterocycles. The van der Waals surface area contributed by atoms with Gasteiger partial charge in [0.1, 0.15) is 11.5 Å². The van der Waals surface area contributed by atoms with E-state index in [1.54, 1.807) is 24.3 Å². The maximum atomic E-state index is 12.3. The minimum atomic E-state index is -0.534. The molecule has 2 rings (SSSR count). The first-order valence-electron chi connectivity index (χ1n) is 10.3. The number of benzene rings is 2. The predicted molar refractivity (Wildman–Crippen MR) is 112 cm³/mol. The van der Waals surface area contributed by atoms with Crippen LogP contribution in [0.1, 0.15) is 79.5 Å². The first kappa shape index (κ1) is 22.5. The smallest absolute Gasteiger partial charge is 0.343 e. The summed E-state index contributed by atoms with van der Waals surface area (Å²) in [6.07, 6.45) is 7.99. The van der Waals surface area contributed by atoms with Gasteiger partial charge in [-0.05, 0) is 68.3 Å². The van der Waals surface area contributed by atoms with E-state index in [9.17, 15) is 14.7 Å². The maximum absolute atomic E-state index is 12.3. The summed E-state index contributed by atoms with van der Waals surface area (Å²) in [5.74, 6) is -0.498. The fourth-order valence-electron chi connectivity index (χ4n) is 2.94. The fourth-order valence-corrected chi connectivity index (χ4v) is 2.94. The van der Waals surface area contributed by atoms with Gasteiger partial charge in [0.05, 0.1) is 17.2 Å². The van der Waals surface area contributed by atoms with E-state index in [2.05, 4.69) is 6.92 Å². The standard InChI is InChI=1S/C24H30O5/c1-3-4-5-6-7-8-9-18(2)28-23(26)20-12-16-22(17-13-20)29-24(27)19-10-14-21(25)15-11-19/h10-18,25H,3-9H2,1-2H3. The van der Waals surface area contributed by atoms with E-state index in [1.807, 2.05) is 6.92 Å². The van der Waals surface area contributed by atoms with Gasteiger partial charge in [-0.25, -0.2) is 9.59 Å². The quantitative estimate of drug-likeness (QED) is 0.289. The van der Waals surface area contributed by atoms with Crippen LogP contribution in [0.4, 0.5) is 0 Å². The SMILES string of the molecule is CCCCCCCCC(C)OC(=O)c1ccc(OC(=O)c2ccc(O)cc2)cc1. The first-order chi connectivity index (χ1) is 14.0. The highest BCUT2D eigenvalue weighted by Gasteiger charge is 2.13. The molecule has 5 heteroatoms. The Kier molecular flexibility index (Phi) is 9.22. The normalized spacial score (nSPS) is 11.7. The summed E-state index contributed by atoms with van der Waals surface area (Å²) < 4.78 is 10.8. The van der Waals surface area contributed by atoms with Crippen LogP contribution in [0.5, 0.6) is 11.5 Å². The van der Waals surface area contributed by atoms with Crippen LogP contribution >= 0.6 is 0 Å². The zero-order chi connectivity index (χ0) is 21.1. The molecule has 156 valence electrons. The van der Waals surface area contributed by atoms with E-state index in [0.717, 1.165) is 12.8 Å². The monoisotopic (exact) mass is 398 g/mol. The Morgan fingerprint density at radius 2 is 1.38 bits per heavy atom. The minimum Gasteiger partial charge on any atom is -0.508 e. The molecular formula is C24H30O5. The largest absolute Gasteiger partial charge is 0.508 e. The van der Waals surface area contributed by atoms with Gasteiger partial charge in [0.15, 0.2) is 0 Å². The van der Waals surface area contributed by atoms with Crippen molar-refractivity contribution in [1.29, 1.82) is 0 Å². The van der Waals surface area contributed by atoms with Crippen molar-refractivity contribution in [1.82, 2.24) is 0 Å². The average molecular weight is 398 g/mol. The Morgan fingerprint density at radius 3 is 2.03 bits per heavy atom. The zero-order valence-electron chi connectivity index (χ0n) is 17.2. The summed E-state index contributed by atoms with van der Waals surface area (Å²) >= 11 is 0. The molecule has 0 aliphatic heterocycles. The van der Waals surface area contributed by atoms with E-state index in [-0.39, 0.29) is 17.8 Å². The summed E-state index contributed by atoms with van der Waals surface area (Å²) in [7, 11) is 0. The lowest BCUT2D eigenvalue weighted by molar-refractivity contribution is 0.0319. The Morgan fingerprint density at radius 1 is 0.828 bits per heavy atom. The second-order valence-corrected chi connectivity index (χ2v) is 7.23. The molecule has 1 unspecified atom stereocenters. The minimum absolute atomic E-state index is 0.0788. The van der Waals surface area contributed by atoms with Crippen molar-refractivity contribution >= 4 is 11.9 Å². The Labute approximate surface area is 172 Å². The molecule has 0 aliphatic rings. The third-order valence-electron chi connectivity index (χ3n) is 4.68. The molecule has 2 aromatic carbocycles. The number of phenolic OH excluding ortho intramolecular Hbond substituents is 1. The second-order valence-electron chi connectivity index (χ2n) is 7.23. The molecule has 0 aromatic heterocycles. The summed E-state index contributed by atoms with van der Waals surface area (Å²) in [6.45, 7) is 4.12. The highest BCUT2D eigenvalue weighted by atomic mass is 16.5. The number of esters is 2. The number of phenols is 1. The van der Waals surface area contributed by atoms with Gasteiger partial charge < -0.3 is 14.6 Å². The van der Waals surface area contributed by atoms with E-state index in [0.29, 0.717) is 16.9 Å². The number of unbranched alkanes of at least 4 members (excludes halogenated alkanes) is 5. The molecule has 2 aromatic rings. The van der Waals surface area contributed by atoms with Gasteiger partial charge in [-0.2, -0.15) is 0 Å². The summed E-state index contributed by atoms with van der Waals surface area (Å²) in [5.41, 5.74) is 0.749. The van der Waals surface area contributed by atoms with Gasteiger partial charge in [0.25, 0.3) is 0 Å². The molecule has 0 fully saturated rings. The third kappa shape index (κ3) is 7.98. The molecule has 5 nitrogen and oxygen atoms in total.